The van der Waals surface area contributed by atoms with E-state index in [4.69, 9.17) is 16.0 Å². The minimum Gasteiger partial charge on any atom is -0.467 e. The van der Waals surface area contributed by atoms with Crippen molar-refractivity contribution in [3.05, 3.63) is 94.4 Å². The van der Waals surface area contributed by atoms with Gasteiger partial charge in [0.2, 0.25) is 5.91 Å². The van der Waals surface area contributed by atoms with Crippen LogP contribution in [0.5, 0.6) is 0 Å². The summed E-state index contributed by atoms with van der Waals surface area (Å²) in [5.41, 5.74) is 2.55. The lowest BCUT2D eigenvalue weighted by atomic mass is 10.1. The highest BCUT2D eigenvalue weighted by Crippen LogP contribution is 2.39. The van der Waals surface area contributed by atoms with E-state index in [1.165, 1.54) is 0 Å². The number of furan rings is 1. The maximum atomic E-state index is 12.4. The van der Waals surface area contributed by atoms with Gasteiger partial charge in [0.15, 0.2) is 0 Å². The van der Waals surface area contributed by atoms with Gasteiger partial charge in [0, 0.05) is 17.1 Å². The number of halogens is 1. The molecule has 5 nitrogen and oxygen atoms in total. The molecule has 7 heteroatoms. The largest absolute Gasteiger partial charge is 0.467 e. The van der Waals surface area contributed by atoms with Gasteiger partial charge >= 0.3 is 0 Å². The van der Waals surface area contributed by atoms with E-state index in [0.29, 0.717) is 29.4 Å². The van der Waals surface area contributed by atoms with Crippen molar-refractivity contribution in [2.75, 3.05) is 5.75 Å². The number of hydrogen-bond acceptors (Lipinski definition) is 4. The molecule has 2 aromatic carbocycles. The summed E-state index contributed by atoms with van der Waals surface area (Å²) in [5.74, 6) is 1.13. The third kappa shape index (κ3) is 4.66. The van der Waals surface area contributed by atoms with E-state index in [-0.39, 0.29) is 17.2 Å². The molecule has 0 unspecified atom stereocenters. The van der Waals surface area contributed by atoms with E-state index in [1.807, 2.05) is 36.4 Å². The van der Waals surface area contributed by atoms with Crippen LogP contribution in [-0.4, -0.2) is 22.5 Å². The van der Waals surface area contributed by atoms with E-state index in [0.717, 1.165) is 16.9 Å². The number of amides is 2. The Morgan fingerprint density at radius 3 is 2.59 bits per heavy atom. The summed E-state index contributed by atoms with van der Waals surface area (Å²) in [6.07, 6.45) is 1.61. The molecule has 2 heterocycles. The first-order chi connectivity index (χ1) is 14.1. The number of hydrogen-bond donors (Lipinski definition) is 1. The molecular formula is C22H19ClN2O3S. The van der Waals surface area contributed by atoms with Gasteiger partial charge in [-0.05, 0) is 47.5 Å². The van der Waals surface area contributed by atoms with Crippen LogP contribution in [0.3, 0.4) is 0 Å². The van der Waals surface area contributed by atoms with Gasteiger partial charge in [-0.15, -0.1) is 11.8 Å². The van der Waals surface area contributed by atoms with Crippen molar-refractivity contribution >= 4 is 35.2 Å². The normalized spacial score (nSPS) is 16.2. The van der Waals surface area contributed by atoms with Gasteiger partial charge in [-0.25, -0.2) is 0 Å². The molecule has 0 bridgehead atoms. The molecule has 1 saturated heterocycles. The Morgan fingerprint density at radius 2 is 1.90 bits per heavy atom. The average Bonchev–Trinajstić information content (AvgIpc) is 3.38. The Balaban J connectivity index is 1.40. The van der Waals surface area contributed by atoms with Crippen molar-refractivity contribution in [3.8, 4) is 0 Å². The molecule has 1 fully saturated rings. The van der Waals surface area contributed by atoms with Crippen LogP contribution in [0, 0.1) is 0 Å². The molecule has 0 spiro atoms. The molecule has 0 saturated carbocycles. The predicted molar refractivity (Wildman–Crippen MR) is 114 cm³/mol. The van der Waals surface area contributed by atoms with Crippen molar-refractivity contribution in [1.29, 1.82) is 0 Å². The average molecular weight is 427 g/mol. The molecule has 1 N–H and O–H groups in total. The quantitative estimate of drug-likeness (QED) is 0.623. The number of thioether (sulfide) groups is 1. The van der Waals surface area contributed by atoms with Crippen LogP contribution in [-0.2, 0) is 17.9 Å². The number of nitrogens with one attached hydrogen (secondary N) is 1. The lowest BCUT2D eigenvalue weighted by molar-refractivity contribution is -0.128. The summed E-state index contributed by atoms with van der Waals surface area (Å²) in [4.78, 5) is 26.5. The molecule has 3 aromatic rings. The summed E-state index contributed by atoms with van der Waals surface area (Å²) >= 11 is 7.46. The van der Waals surface area contributed by atoms with Crippen LogP contribution in [0.15, 0.2) is 71.3 Å². The SMILES string of the molecule is O=C(NCc1ccc(Cl)cc1)c1ccc([C@@H]2SCC(=O)N2Cc2ccco2)cc1. The molecule has 1 aliphatic rings. The Hall–Kier alpha value is -2.70. The van der Waals surface area contributed by atoms with Gasteiger partial charge in [0.1, 0.15) is 11.1 Å². The van der Waals surface area contributed by atoms with E-state index in [9.17, 15) is 9.59 Å². The van der Waals surface area contributed by atoms with Gasteiger partial charge in [-0.2, -0.15) is 0 Å². The molecule has 148 valence electrons. The maximum absolute atomic E-state index is 12.4. The molecule has 2 amide bonds. The lowest BCUT2D eigenvalue weighted by Gasteiger charge is -2.23. The molecule has 0 aliphatic carbocycles. The Kier molecular flexibility index (Phi) is 5.92. The van der Waals surface area contributed by atoms with Crippen LogP contribution in [0.2, 0.25) is 5.02 Å². The number of carbonyl (C=O) groups is 2. The highest BCUT2D eigenvalue weighted by atomic mass is 35.5. The summed E-state index contributed by atoms with van der Waals surface area (Å²) in [5, 5.41) is 3.49. The number of rotatable bonds is 6. The van der Waals surface area contributed by atoms with Crippen molar-refractivity contribution in [3.63, 3.8) is 0 Å². The summed E-state index contributed by atoms with van der Waals surface area (Å²) in [6.45, 7) is 0.870. The van der Waals surface area contributed by atoms with E-state index in [1.54, 1.807) is 47.2 Å². The predicted octanol–water partition coefficient (Wildman–Crippen LogP) is 4.64. The Morgan fingerprint density at radius 1 is 1.14 bits per heavy atom. The van der Waals surface area contributed by atoms with E-state index in [2.05, 4.69) is 5.32 Å². The molecule has 29 heavy (non-hydrogen) atoms. The standard InChI is InChI=1S/C22H19ClN2O3S/c23-18-9-3-15(4-10-18)12-24-21(27)16-5-7-17(8-6-16)22-25(20(26)14-29-22)13-19-2-1-11-28-19/h1-11,22H,12-14H2,(H,24,27)/t22-/m0/s1. The first-order valence-corrected chi connectivity index (χ1v) is 10.6. The smallest absolute Gasteiger partial charge is 0.251 e. The number of benzene rings is 2. The highest BCUT2D eigenvalue weighted by Gasteiger charge is 2.33. The van der Waals surface area contributed by atoms with Gasteiger partial charge < -0.3 is 14.6 Å². The Bertz CT molecular complexity index is 988. The lowest BCUT2D eigenvalue weighted by Crippen LogP contribution is -2.27. The van der Waals surface area contributed by atoms with E-state index >= 15 is 0 Å². The van der Waals surface area contributed by atoms with Gasteiger partial charge in [-0.1, -0.05) is 35.9 Å². The second-order valence-corrected chi connectivity index (χ2v) is 8.20. The second-order valence-electron chi connectivity index (χ2n) is 6.70. The third-order valence-electron chi connectivity index (χ3n) is 4.70. The van der Waals surface area contributed by atoms with Gasteiger partial charge in [0.25, 0.3) is 5.91 Å². The molecule has 1 atom stereocenters. The molecule has 1 aliphatic heterocycles. The van der Waals surface area contributed by atoms with Crippen LogP contribution in [0.4, 0.5) is 0 Å². The minimum absolute atomic E-state index is 0.0844. The summed E-state index contributed by atoms with van der Waals surface area (Å²) < 4.78 is 5.39. The fraction of sp³-hybridized carbons (Fsp3) is 0.182. The van der Waals surface area contributed by atoms with Crippen LogP contribution in [0.1, 0.15) is 32.6 Å². The first kappa shape index (κ1) is 19.6. The highest BCUT2D eigenvalue weighted by molar-refractivity contribution is 8.00. The second kappa shape index (κ2) is 8.76. The molecule has 1 aromatic heterocycles. The van der Waals surface area contributed by atoms with Crippen LogP contribution < -0.4 is 5.32 Å². The van der Waals surface area contributed by atoms with Crippen molar-refractivity contribution in [2.24, 2.45) is 0 Å². The monoisotopic (exact) mass is 426 g/mol. The van der Waals surface area contributed by atoms with Gasteiger partial charge in [-0.3, -0.25) is 9.59 Å². The third-order valence-corrected chi connectivity index (χ3v) is 6.21. The molecule has 4 rings (SSSR count). The van der Waals surface area contributed by atoms with E-state index < -0.39 is 0 Å². The maximum Gasteiger partial charge on any atom is 0.251 e. The zero-order chi connectivity index (χ0) is 20.2. The summed E-state index contributed by atoms with van der Waals surface area (Å²) in [7, 11) is 0. The fourth-order valence-corrected chi connectivity index (χ4v) is 4.47. The fourth-order valence-electron chi connectivity index (χ4n) is 3.16. The van der Waals surface area contributed by atoms with Crippen molar-refractivity contribution < 1.29 is 14.0 Å². The summed E-state index contributed by atoms with van der Waals surface area (Å²) in [6, 6.07) is 18.4. The zero-order valence-corrected chi connectivity index (χ0v) is 17.1. The number of nitrogens with zero attached hydrogens (tertiary/aromatic N) is 1. The molecule has 0 radical (unpaired) electrons. The van der Waals surface area contributed by atoms with Gasteiger partial charge in [0.05, 0.1) is 18.6 Å². The first-order valence-electron chi connectivity index (χ1n) is 9.16. The molecular weight excluding hydrogens is 408 g/mol. The zero-order valence-electron chi connectivity index (χ0n) is 15.5. The Labute approximate surface area is 178 Å². The van der Waals surface area contributed by atoms with Crippen LogP contribution in [0.25, 0.3) is 0 Å². The topological polar surface area (TPSA) is 62.6 Å². The number of carbonyl (C=O) groups excluding carboxylic acids is 2. The minimum atomic E-state index is -0.144. The van der Waals surface area contributed by atoms with Crippen molar-refractivity contribution in [1.82, 2.24) is 10.2 Å². The van der Waals surface area contributed by atoms with Crippen LogP contribution >= 0.6 is 23.4 Å². The van der Waals surface area contributed by atoms with Crippen molar-refractivity contribution in [2.45, 2.75) is 18.5 Å².